The van der Waals surface area contributed by atoms with E-state index in [9.17, 15) is 4.79 Å². The number of carbonyl (C=O) groups excluding carboxylic acids is 1. The van der Waals surface area contributed by atoms with Gasteiger partial charge in [-0.25, -0.2) is 9.97 Å². The van der Waals surface area contributed by atoms with Gasteiger partial charge in [0.15, 0.2) is 0 Å². The Morgan fingerprint density at radius 1 is 1.00 bits per heavy atom. The van der Waals surface area contributed by atoms with Gasteiger partial charge in [-0.1, -0.05) is 19.1 Å². The molecule has 3 heterocycles. The number of likely N-dealkylation sites (tertiary alicyclic amines) is 1. The molecule has 0 radical (unpaired) electrons. The van der Waals surface area contributed by atoms with Crippen molar-refractivity contribution in [1.82, 2.24) is 14.9 Å². The minimum Gasteiger partial charge on any atom is -0.341 e. The highest BCUT2D eigenvalue weighted by Crippen LogP contribution is 2.23. The highest BCUT2D eigenvalue weighted by molar-refractivity contribution is 5.94. The zero-order chi connectivity index (χ0) is 18.6. The van der Waals surface area contributed by atoms with E-state index in [0.717, 1.165) is 55.4 Å². The summed E-state index contributed by atoms with van der Waals surface area (Å²) in [6, 6.07) is 9.81. The molecule has 0 N–H and O–H groups in total. The van der Waals surface area contributed by atoms with Gasteiger partial charge in [0.05, 0.1) is 5.69 Å². The predicted molar refractivity (Wildman–Crippen MR) is 108 cm³/mol. The zero-order valence-corrected chi connectivity index (χ0v) is 16.1. The Labute approximate surface area is 161 Å². The second-order valence-corrected chi connectivity index (χ2v) is 7.87. The molecule has 0 aliphatic carbocycles. The SMILES string of the molecule is C[C@@H]1CCCN(C(=O)c2ccc(-c3ccnc(N4CCCCC4)n3)cc2)C1. The van der Waals surface area contributed by atoms with E-state index < -0.39 is 0 Å². The van der Waals surface area contributed by atoms with Crippen molar-refractivity contribution in [1.29, 1.82) is 0 Å². The maximum atomic E-state index is 12.7. The van der Waals surface area contributed by atoms with Crippen molar-refractivity contribution in [3.05, 3.63) is 42.1 Å². The summed E-state index contributed by atoms with van der Waals surface area (Å²) < 4.78 is 0. The Morgan fingerprint density at radius 3 is 2.52 bits per heavy atom. The maximum Gasteiger partial charge on any atom is 0.253 e. The van der Waals surface area contributed by atoms with Crippen LogP contribution in [0, 0.1) is 5.92 Å². The van der Waals surface area contributed by atoms with Crippen LogP contribution in [0.15, 0.2) is 36.5 Å². The number of hydrogen-bond donors (Lipinski definition) is 0. The third-order valence-electron chi connectivity index (χ3n) is 5.65. The second kappa shape index (κ2) is 8.07. The van der Waals surface area contributed by atoms with Crippen molar-refractivity contribution < 1.29 is 4.79 Å². The summed E-state index contributed by atoms with van der Waals surface area (Å²) in [5, 5.41) is 0. The van der Waals surface area contributed by atoms with Crippen molar-refractivity contribution >= 4 is 11.9 Å². The van der Waals surface area contributed by atoms with Crippen LogP contribution in [0.1, 0.15) is 49.4 Å². The molecule has 2 aliphatic heterocycles. The number of aromatic nitrogens is 2. The lowest BCUT2D eigenvalue weighted by atomic mass is 9.99. The highest BCUT2D eigenvalue weighted by atomic mass is 16.2. The number of benzene rings is 1. The minimum absolute atomic E-state index is 0.143. The largest absolute Gasteiger partial charge is 0.341 e. The van der Waals surface area contributed by atoms with E-state index in [0.29, 0.717) is 5.92 Å². The van der Waals surface area contributed by atoms with Gasteiger partial charge in [-0.05, 0) is 56.2 Å². The molecule has 0 unspecified atom stereocenters. The fraction of sp³-hybridized carbons (Fsp3) is 0.500. The molecule has 4 rings (SSSR count). The molecule has 0 bridgehead atoms. The Bertz CT molecular complexity index is 783. The molecule has 5 nitrogen and oxygen atoms in total. The molecule has 0 saturated carbocycles. The Hall–Kier alpha value is -2.43. The summed E-state index contributed by atoms with van der Waals surface area (Å²) in [4.78, 5) is 26.2. The summed E-state index contributed by atoms with van der Waals surface area (Å²) in [7, 11) is 0. The van der Waals surface area contributed by atoms with E-state index in [2.05, 4.69) is 16.8 Å². The van der Waals surface area contributed by atoms with Crippen LogP contribution in [0.4, 0.5) is 5.95 Å². The molecule has 2 saturated heterocycles. The van der Waals surface area contributed by atoms with Gasteiger partial charge in [-0.15, -0.1) is 0 Å². The van der Waals surface area contributed by atoms with Crippen LogP contribution in [0.5, 0.6) is 0 Å². The fourth-order valence-electron chi connectivity index (χ4n) is 4.10. The molecular weight excluding hydrogens is 336 g/mol. The molecule has 142 valence electrons. The van der Waals surface area contributed by atoms with Crippen LogP contribution in [-0.4, -0.2) is 47.0 Å². The lowest BCUT2D eigenvalue weighted by Gasteiger charge is -2.31. The maximum absolute atomic E-state index is 12.7. The van der Waals surface area contributed by atoms with Crippen LogP contribution >= 0.6 is 0 Å². The van der Waals surface area contributed by atoms with Crippen molar-refractivity contribution in [3.63, 3.8) is 0 Å². The summed E-state index contributed by atoms with van der Waals surface area (Å²) in [6.07, 6.45) is 7.86. The smallest absolute Gasteiger partial charge is 0.253 e. The van der Waals surface area contributed by atoms with Gasteiger partial charge in [-0.3, -0.25) is 4.79 Å². The molecule has 0 spiro atoms. The summed E-state index contributed by atoms with van der Waals surface area (Å²) in [6.45, 7) is 6.02. The number of carbonyl (C=O) groups is 1. The molecule has 1 aromatic carbocycles. The fourth-order valence-corrected chi connectivity index (χ4v) is 4.10. The standard InChI is InChI=1S/C22H28N4O/c1-17-6-5-15-26(16-17)21(27)19-9-7-18(8-10-19)20-11-12-23-22(24-20)25-13-3-2-4-14-25/h7-12,17H,2-6,13-16H2,1H3/t17-/m1/s1. The molecule has 1 amide bonds. The first-order chi connectivity index (χ1) is 13.2. The number of amides is 1. The molecule has 2 fully saturated rings. The molecule has 27 heavy (non-hydrogen) atoms. The molecular formula is C22H28N4O. The number of hydrogen-bond acceptors (Lipinski definition) is 4. The van der Waals surface area contributed by atoms with Gasteiger partial charge in [0.2, 0.25) is 5.95 Å². The minimum atomic E-state index is 0.143. The van der Waals surface area contributed by atoms with Gasteiger partial charge < -0.3 is 9.80 Å². The van der Waals surface area contributed by atoms with E-state index in [1.807, 2.05) is 41.4 Å². The molecule has 2 aromatic rings. The predicted octanol–water partition coefficient (Wildman–Crippen LogP) is 4.01. The molecule has 5 heteroatoms. The van der Waals surface area contributed by atoms with Crippen molar-refractivity contribution in [2.45, 2.75) is 39.0 Å². The van der Waals surface area contributed by atoms with Gasteiger partial charge >= 0.3 is 0 Å². The monoisotopic (exact) mass is 364 g/mol. The normalized spacial score (nSPS) is 20.6. The number of nitrogens with zero attached hydrogens (tertiary/aromatic N) is 4. The zero-order valence-electron chi connectivity index (χ0n) is 16.1. The van der Waals surface area contributed by atoms with Gasteiger partial charge in [0.25, 0.3) is 5.91 Å². The van der Waals surface area contributed by atoms with Crippen LogP contribution < -0.4 is 4.90 Å². The molecule has 1 aromatic heterocycles. The Kier molecular flexibility index (Phi) is 5.37. The van der Waals surface area contributed by atoms with Gasteiger partial charge in [-0.2, -0.15) is 0 Å². The van der Waals surface area contributed by atoms with Crippen LogP contribution in [-0.2, 0) is 0 Å². The lowest BCUT2D eigenvalue weighted by Crippen LogP contribution is -2.39. The van der Waals surface area contributed by atoms with Crippen molar-refractivity contribution in [2.24, 2.45) is 5.92 Å². The van der Waals surface area contributed by atoms with Gasteiger partial charge in [0.1, 0.15) is 0 Å². The van der Waals surface area contributed by atoms with Crippen molar-refractivity contribution in [2.75, 3.05) is 31.1 Å². The average molecular weight is 364 g/mol. The van der Waals surface area contributed by atoms with Crippen LogP contribution in [0.3, 0.4) is 0 Å². The average Bonchev–Trinajstić information content (AvgIpc) is 2.74. The van der Waals surface area contributed by atoms with E-state index in [-0.39, 0.29) is 5.91 Å². The van der Waals surface area contributed by atoms with Crippen LogP contribution in [0.25, 0.3) is 11.3 Å². The molecule has 2 aliphatic rings. The number of anilines is 1. The molecule has 1 atom stereocenters. The topological polar surface area (TPSA) is 49.3 Å². The van der Waals surface area contributed by atoms with Crippen LogP contribution in [0.2, 0.25) is 0 Å². The Morgan fingerprint density at radius 2 is 1.78 bits per heavy atom. The third-order valence-corrected chi connectivity index (χ3v) is 5.65. The van der Waals surface area contributed by atoms with Gasteiger partial charge in [0, 0.05) is 43.5 Å². The van der Waals surface area contributed by atoms with E-state index in [1.54, 1.807) is 0 Å². The van der Waals surface area contributed by atoms with E-state index in [1.165, 1.54) is 25.7 Å². The summed E-state index contributed by atoms with van der Waals surface area (Å²) >= 11 is 0. The first-order valence-corrected chi connectivity index (χ1v) is 10.2. The number of piperidine rings is 2. The quantitative estimate of drug-likeness (QED) is 0.826. The first kappa shape index (κ1) is 18.0. The summed E-state index contributed by atoms with van der Waals surface area (Å²) in [5.41, 5.74) is 2.70. The third kappa shape index (κ3) is 4.12. The van der Waals surface area contributed by atoms with Crippen molar-refractivity contribution in [3.8, 4) is 11.3 Å². The first-order valence-electron chi connectivity index (χ1n) is 10.2. The Balaban J connectivity index is 1.49. The second-order valence-electron chi connectivity index (χ2n) is 7.87. The van der Waals surface area contributed by atoms with E-state index in [4.69, 9.17) is 4.98 Å². The summed E-state index contributed by atoms with van der Waals surface area (Å²) in [5.74, 6) is 1.55. The highest BCUT2D eigenvalue weighted by Gasteiger charge is 2.22. The lowest BCUT2D eigenvalue weighted by molar-refractivity contribution is 0.0683. The number of rotatable bonds is 3. The van der Waals surface area contributed by atoms with E-state index >= 15 is 0 Å².